The number of fused-ring (bicyclic) bond motifs is 3. The number of hydrogen-bond acceptors (Lipinski definition) is 5. The molecule has 2 aromatic carbocycles. The van der Waals surface area contributed by atoms with Gasteiger partial charge in [-0.25, -0.2) is 4.39 Å². The molecule has 1 aliphatic carbocycles. The quantitative estimate of drug-likeness (QED) is 0.409. The van der Waals surface area contributed by atoms with Gasteiger partial charge in [-0.2, -0.15) is 0 Å². The number of hydrogen-bond donors (Lipinski definition) is 4. The van der Waals surface area contributed by atoms with Crippen molar-refractivity contribution >= 4 is 11.8 Å². The van der Waals surface area contributed by atoms with Crippen LogP contribution in [0.3, 0.4) is 0 Å². The van der Waals surface area contributed by atoms with Gasteiger partial charge in [-0.1, -0.05) is 31.2 Å². The number of nitrogens with one attached hydrogen (secondary N) is 3. The summed E-state index contributed by atoms with van der Waals surface area (Å²) in [5, 5.41) is 20.3. The number of amides is 2. The zero-order valence-corrected chi connectivity index (χ0v) is 22.4. The Morgan fingerprint density at radius 2 is 1.95 bits per heavy atom. The van der Waals surface area contributed by atoms with E-state index in [1.54, 1.807) is 6.07 Å². The molecule has 39 heavy (non-hydrogen) atoms. The van der Waals surface area contributed by atoms with Crippen molar-refractivity contribution in [3.05, 3.63) is 65.0 Å². The van der Waals surface area contributed by atoms with Crippen LogP contribution in [-0.4, -0.2) is 48.8 Å². The number of aliphatic hydroxyl groups excluding tert-OH is 1. The van der Waals surface area contributed by atoms with Crippen LogP contribution in [0.2, 0.25) is 0 Å². The van der Waals surface area contributed by atoms with Crippen molar-refractivity contribution in [1.82, 2.24) is 16.0 Å². The summed E-state index contributed by atoms with van der Waals surface area (Å²) >= 11 is 0. The molecule has 5 atom stereocenters. The molecule has 8 heteroatoms. The second-order valence-electron chi connectivity index (χ2n) is 10.5. The minimum absolute atomic E-state index is 0.177. The number of benzene rings is 2. The summed E-state index contributed by atoms with van der Waals surface area (Å²) in [6, 6.07) is 12.0. The van der Waals surface area contributed by atoms with Crippen molar-refractivity contribution < 1.29 is 23.8 Å². The predicted octanol–water partition coefficient (Wildman–Crippen LogP) is 2.74. The van der Waals surface area contributed by atoms with Crippen LogP contribution in [0.4, 0.5) is 4.39 Å². The first kappa shape index (κ1) is 28.6. The Morgan fingerprint density at radius 3 is 2.74 bits per heavy atom. The van der Waals surface area contributed by atoms with E-state index in [1.807, 2.05) is 12.1 Å². The maximum atomic E-state index is 14.4. The number of carbonyl (C=O) groups excluding carboxylic acids is 2. The lowest BCUT2D eigenvalue weighted by molar-refractivity contribution is -0.128. The summed E-state index contributed by atoms with van der Waals surface area (Å²) < 4.78 is 20.2. The van der Waals surface area contributed by atoms with Crippen LogP contribution in [0, 0.1) is 35.9 Å². The topological polar surface area (TPSA) is 99.7 Å². The van der Waals surface area contributed by atoms with Crippen LogP contribution in [0.5, 0.6) is 5.75 Å². The molecule has 0 radical (unpaired) electrons. The number of rotatable bonds is 7. The van der Waals surface area contributed by atoms with Crippen molar-refractivity contribution in [1.29, 1.82) is 0 Å². The summed E-state index contributed by atoms with van der Waals surface area (Å²) in [5.74, 6) is 0.740. The fraction of sp³-hybridized carbons (Fsp3) is 0.484. The van der Waals surface area contributed by atoms with Gasteiger partial charge >= 0.3 is 0 Å². The van der Waals surface area contributed by atoms with Gasteiger partial charge in [0.2, 0.25) is 11.8 Å². The van der Waals surface area contributed by atoms with Gasteiger partial charge in [0.05, 0.1) is 30.6 Å². The second kappa shape index (κ2) is 13.6. The van der Waals surface area contributed by atoms with Gasteiger partial charge in [-0.3, -0.25) is 9.59 Å². The Bertz CT molecular complexity index is 1200. The van der Waals surface area contributed by atoms with Crippen LogP contribution >= 0.6 is 0 Å². The summed E-state index contributed by atoms with van der Waals surface area (Å²) in [4.78, 5) is 26.2. The Kier molecular flexibility index (Phi) is 9.96. The highest BCUT2D eigenvalue weighted by atomic mass is 19.1. The lowest BCUT2D eigenvalue weighted by atomic mass is 9.99. The molecule has 1 fully saturated rings. The smallest absolute Gasteiger partial charge is 0.224 e. The average Bonchev–Trinajstić information content (AvgIpc) is 3.63. The van der Waals surface area contributed by atoms with E-state index in [9.17, 15) is 19.1 Å². The van der Waals surface area contributed by atoms with Gasteiger partial charge in [0.1, 0.15) is 11.6 Å². The third-order valence-corrected chi connectivity index (χ3v) is 7.53. The van der Waals surface area contributed by atoms with Gasteiger partial charge in [0.15, 0.2) is 0 Å². The standard InChI is InChI=1S/C31H38FN3O4/c1-3-8-25-28-29(25)31(38)35-26(27(36)19-33-18-21-10-7-9-20(4-2)13-21)16-22-14-23(32)17-24(15-22)39-12-6-5-11-34-30(28)37/h1,7,9-10,13-15,17,25-29,33,36H,4-6,8,11-12,16,18-19H2,2H3,(H,34,37)(H,35,38). The molecular formula is C31H38FN3O4. The molecule has 1 heterocycles. The van der Waals surface area contributed by atoms with Crippen molar-refractivity contribution in [2.24, 2.45) is 17.8 Å². The van der Waals surface area contributed by atoms with Gasteiger partial charge in [-0.15, -0.1) is 12.3 Å². The van der Waals surface area contributed by atoms with E-state index in [4.69, 9.17) is 11.2 Å². The lowest BCUT2D eigenvalue weighted by Crippen LogP contribution is -2.49. The zero-order valence-electron chi connectivity index (χ0n) is 22.4. The third kappa shape index (κ3) is 7.81. The molecule has 0 aromatic heterocycles. The number of aryl methyl sites for hydroxylation is 1. The molecule has 1 aliphatic heterocycles. The maximum absolute atomic E-state index is 14.4. The number of carbonyl (C=O) groups is 2. The maximum Gasteiger partial charge on any atom is 0.224 e. The third-order valence-electron chi connectivity index (χ3n) is 7.53. The molecular weight excluding hydrogens is 497 g/mol. The molecule has 0 spiro atoms. The van der Waals surface area contributed by atoms with E-state index in [1.165, 1.54) is 17.7 Å². The molecule has 208 valence electrons. The summed E-state index contributed by atoms with van der Waals surface area (Å²) in [7, 11) is 0. The Balaban J connectivity index is 1.51. The number of halogens is 1. The van der Waals surface area contributed by atoms with Gasteiger partial charge in [0.25, 0.3) is 0 Å². The van der Waals surface area contributed by atoms with Crippen LogP contribution in [-0.2, 0) is 29.0 Å². The summed E-state index contributed by atoms with van der Waals surface area (Å²) in [6.45, 7) is 3.70. The number of aliphatic hydroxyl groups is 1. The summed E-state index contributed by atoms with van der Waals surface area (Å²) in [5.41, 5.74) is 2.93. The first-order valence-corrected chi connectivity index (χ1v) is 13.8. The fourth-order valence-corrected chi connectivity index (χ4v) is 5.33. The molecule has 2 aromatic rings. The van der Waals surface area contributed by atoms with Gasteiger partial charge < -0.3 is 25.8 Å². The number of ether oxygens (including phenoxy) is 1. The molecule has 2 aliphatic rings. The van der Waals surface area contributed by atoms with Crippen LogP contribution in [0.15, 0.2) is 42.5 Å². The molecule has 7 nitrogen and oxygen atoms in total. The van der Waals surface area contributed by atoms with Crippen molar-refractivity contribution in [3.63, 3.8) is 0 Å². The Morgan fingerprint density at radius 1 is 1.15 bits per heavy atom. The van der Waals surface area contributed by atoms with E-state index in [-0.39, 0.29) is 30.7 Å². The van der Waals surface area contributed by atoms with Crippen molar-refractivity contribution in [2.45, 2.75) is 57.7 Å². The van der Waals surface area contributed by atoms with Crippen LogP contribution in [0.1, 0.15) is 42.9 Å². The van der Waals surface area contributed by atoms with Crippen LogP contribution < -0.4 is 20.7 Å². The SMILES string of the molecule is C#CCC1C2C(=O)NCCCCOc3cc(F)cc(c3)CC(C(O)CNCc3cccc(CC)c3)NC(=O)C12. The monoisotopic (exact) mass is 535 g/mol. The minimum atomic E-state index is -0.966. The van der Waals surface area contributed by atoms with Crippen molar-refractivity contribution in [2.75, 3.05) is 19.7 Å². The number of terminal acetylenes is 1. The molecule has 4 rings (SSSR count). The van der Waals surface area contributed by atoms with E-state index >= 15 is 0 Å². The van der Waals surface area contributed by atoms with Crippen molar-refractivity contribution in [3.8, 4) is 18.1 Å². The molecule has 2 amide bonds. The normalized spacial score (nSPS) is 24.4. The van der Waals surface area contributed by atoms with E-state index < -0.39 is 29.8 Å². The highest BCUT2D eigenvalue weighted by Crippen LogP contribution is 2.49. The first-order chi connectivity index (χ1) is 18.9. The molecule has 2 bridgehead atoms. The fourth-order valence-electron chi connectivity index (χ4n) is 5.33. The first-order valence-electron chi connectivity index (χ1n) is 13.8. The van der Waals surface area contributed by atoms with E-state index in [2.05, 4.69) is 40.9 Å². The highest BCUT2D eigenvalue weighted by molar-refractivity contribution is 5.93. The molecule has 1 saturated carbocycles. The lowest BCUT2D eigenvalue weighted by Gasteiger charge is -2.25. The second-order valence-corrected chi connectivity index (χ2v) is 10.5. The zero-order chi connectivity index (χ0) is 27.8. The molecule has 4 N–H and O–H groups in total. The molecule has 0 saturated heterocycles. The van der Waals surface area contributed by atoms with E-state index in [0.717, 1.165) is 12.0 Å². The molecule has 5 unspecified atom stereocenters. The Hall–Kier alpha value is -3.41. The largest absolute Gasteiger partial charge is 0.493 e. The van der Waals surface area contributed by atoms with Gasteiger partial charge in [0, 0.05) is 32.1 Å². The predicted molar refractivity (Wildman–Crippen MR) is 147 cm³/mol. The van der Waals surface area contributed by atoms with E-state index in [0.29, 0.717) is 50.3 Å². The van der Waals surface area contributed by atoms with Gasteiger partial charge in [-0.05, 0) is 60.4 Å². The summed E-state index contributed by atoms with van der Waals surface area (Å²) in [6.07, 6.45) is 7.38. The highest BCUT2D eigenvalue weighted by Gasteiger charge is 2.58. The Labute approximate surface area is 229 Å². The van der Waals surface area contributed by atoms with Crippen LogP contribution in [0.25, 0.3) is 0 Å². The average molecular weight is 536 g/mol. The minimum Gasteiger partial charge on any atom is -0.493 e.